The van der Waals surface area contributed by atoms with E-state index in [1.54, 1.807) is 6.92 Å². The topological polar surface area (TPSA) is 40.5 Å². The molecule has 1 fully saturated rings. The third-order valence-electron chi connectivity index (χ3n) is 2.00. The molecule has 0 bridgehead atoms. The zero-order chi connectivity index (χ0) is 7.72. The minimum Gasteiger partial charge on any atom is -0.392 e. The summed E-state index contributed by atoms with van der Waals surface area (Å²) in [6, 6.07) is -0.0463. The summed E-state index contributed by atoms with van der Waals surface area (Å²) in [7, 11) is 1.86. The summed E-state index contributed by atoms with van der Waals surface area (Å²) in [5, 5.41) is 9.12. The lowest BCUT2D eigenvalue weighted by atomic mass is 10.1. The number of rotatable bonds is 1. The number of nitrogens with zero attached hydrogens (tertiary/aromatic N) is 1. The van der Waals surface area contributed by atoms with Gasteiger partial charge in [-0.2, -0.15) is 0 Å². The van der Waals surface area contributed by atoms with Gasteiger partial charge in [-0.1, -0.05) is 0 Å². The first-order valence-corrected chi connectivity index (χ1v) is 3.50. The van der Waals surface area contributed by atoms with E-state index in [1.807, 2.05) is 11.9 Å². The molecule has 0 amide bonds. The molecule has 0 aromatic rings. The molecule has 3 nitrogen and oxygen atoms in total. The van der Waals surface area contributed by atoms with Gasteiger partial charge in [-0.25, -0.2) is 0 Å². The maximum atomic E-state index is 10.8. The molecule has 0 radical (unpaired) electrons. The van der Waals surface area contributed by atoms with Crippen molar-refractivity contribution in [2.75, 3.05) is 13.6 Å². The molecule has 1 rings (SSSR count). The summed E-state index contributed by atoms with van der Waals surface area (Å²) < 4.78 is 0. The molecule has 2 atom stereocenters. The largest absolute Gasteiger partial charge is 0.392 e. The lowest BCUT2D eigenvalue weighted by Crippen LogP contribution is -2.30. The molecule has 0 aliphatic carbocycles. The van der Waals surface area contributed by atoms with E-state index in [0.717, 1.165) is 0 Å². The van der Waals surface area contributed by atoms with Crippen molar-refractivity contribution in [3.05, 3.63) is 0 Å². The second kappa shape index (κ2) is 2.68. The van der Waals surface area contributed by atoms with Crippen LogP contribution in [0.4, 0.5) is 0 Å². The molecule has 1 aliphatic rings. The Morgan fingerprint density at radius 3 is 2.50 bits per heavy atom. The Balaban J connectivity index is 2.54. The zero-order valence-corrected chi connectivity index (χ0v) is 6.37. The van der Waals surface area contributed by atoms with E-state index < -0.39 is 0 Å². The first kappa shape index (κ1) is 7.69. The highest BCUT2D eigenvalue weighted by Gasteiger charge is 2.30. The van der Waals surface area contributed by atoms with Crippen molar-refractivity contribution in [3.63, 3.8) is 0 Å². The van der Waals surface area contributed by atoms with Crippen LogP contribution < -0.4 is 0 Å². The quantitative estimate of drug-likeness (QED) is 0.545. The Bertz CT molecular complexity index is 147. The van der Waals surface area contributed by atoms with E-state index >= 15 is 0 Å². The molecule has 0 aromatic heterocycles. The van der Waals surface area contributed by atoms with E-state index in [9.17, 15) is 4.79 Å². The Kier molecular flexibility index (Phi) is 2.06. The molecular formula is C7H13NO2. The second-order valence-corrected chi connectivity index (χ2v) is 2.96. The Morgan fingerprint density at radius 1 is 1.70 bits per heavy atom. The molecule has 1 heterocycles. The summed E-state index contributed by atoms with van der Waals surface area (Å²) >= 11 is 0. The van der Waals surface area contributed by atoms with Gasteiger partial charge in [0.25, 0.3) is 0 Å². The number of aliphatic hydroxyl groups is 1. The van der Waals surface area contributed by atoms with Crippen LogP contribution in [-0.2, 0) is 4.79 Å². The third kappa shape index (κ3) is 1.36. The van der Waals surface area contributed by atoms with Crippen LogP contribution >= 0.6 is 0 Å². The molecule has 10 heavy (non-hydrogen) atoms. The lowest BCUT2D eigenvalue weighted by molar-refractivity contribution is -0.120. The Labute approximate surface area is 60.6 Å². The summed E-state index contributed by atoms with van der Waals surface area (Å²) in [6.45, 7) is 2.20. The second-order valence-electron chi connectivity index (χ2n) is 2.96. The molecular weight excluding hydrogens is 130 g/mol. The minimum absolute atomic E-state index is 0.0463. The fourth-order valence-electron chi connectivity index (χ4n) is 1.45. The van der Waals surface area contributed by atoms with E-state index in [-0.39, 0.29) is 17.9 Å². The van der Waals surface area contributed by atoms with E-state index in [4.69, 9.17) is 5.11 Å². The van der Waals surface area contributed by atoms with Crippen molar-refractivity contribution in [1.29, 1.82) is 0 Å². The van der Waals surface area contributed by atoms with Crippen LogP contribution in [-0.4, -0.2) is 41.5 Å². The molecule has 0 spiro atoms. The molecule has 0 unspecified atom stereocenters. The van der Waals surface area contributed by atoms with Crippen molar-refractivity contribution in [2.45, 2.75) is 25.5 Å². The average molecular weight is 143 g/mol. The van der Waals surface area contributed by atoms with Gasteiger partial charge in [-0.05, 0) is 20.4 Å². The van der Waals surface area contributed by atoms with Gasteiger partial charge in [0.2, 0.25) is 0 Å². The van der Waals surface area contributed by atoms with Crippen LogP contribution in [0, 0.1) is 0 Å². The number of likely N-dealkylation sites (N-methyl/N-ethyl adjacent to an activating group) is 1. The summed E-state index contributed by atoms with van der Waals surface area (Å²) in [6.07, 6.45) is 0.296. The van der Waals surface area contributed by atoms with Crippen LogP contribution in [0.2, 0.25) is 0 Å². The van der Waals surface area contributed by atoms with Crippen molar-refractivity contribution in [1.82, 2.24) is 4.90 Å². The summed E-state index contributed by atoms with van der Waals surface area (Å²) in [4.78, 5) is 12.7. The number of Topliss-reactive ketones (excluding diaryl/α,β-unsaturated/α-hetero) is 1. The predicted molar refractivity (Wildman–Crippen MR) is 37.7 cm³/mol. The number of β-amino-alcohol motifs (C(OH)–C–C–N with tert-alkyl or cyclic N) is 1. The van der Waals surface area contributed by atoms with Crippen LogP contribution in [0.25, 0.3) is 0 Å². The van der Waals surface area contributed by atoms with Crippen LogP contribution in [0.1, 0.15) is 13.3 Å². The average Bonchev–Trinajstić information content (AvgIpc) is 2.10. The number of carbonyl (C=O) groups excluding carboxylic acids is 1. The van der Waals surface area contributed by atoms with Crippen LogP contribution in [0.5, 0.6) is 0 Å². The SMILES string of the molecule is CC(=O)[C@H]1C[C@H](O)CN1C. The van der Waals surface area contributed by atoms with Gasteiger partial charge in [0.05, 0.1) is 12.1 Å². The molecule has 0 aromatic carbocycles. The maximum Gasteiger partial charge on any atom is 0.146 e. The number of hydrogen-bond acceptors (Lipinski definition) is 3. The smallest absolute Gasteiger partial charge is 0.146 e. The van der Waals surface area contributed by atoms with Crippen molar-refractivity contribution in [2.24, 2.45) is 0 Å². The van der Waals surface area contributed by atoms with Crippen molar-refractivity contribution >= 4 is 5.78 Å². The predicted octanol–water partition coefficient (Wildman–Crippen LogP) is -0.360. The molecule has 1 saturated heterocycles. The maximum absolute atomic E-state index is 10.8. The van der Waals surface area contributed by atoms with Crippen molar-refractivity contribution in [3.8, 4) is 0 Å². The fourth-order valence-corrected chi connectivity index (χ4v) is 1.45. The number of likely N-dealkylation sites (tertiary alicyclic amines) is 1. The molecule has 1 aliphatic heterocycles. The summed E-state index contributed by atoms with van der Waals surface area (Å²) in [5.74, 6) is 0.152. The van der Waals surface area contributed by atoms with E-state index in [2.05, 4.69) is 0 Å². The standard InChI is InChI=1S/C7H13NO2/c1-5(9)7-3-6(10)4-8(7)2/h6-7,10H,3-4H2,1-2H3/t6-,7+/m0/s1. The van der Waals surface area contributed by atoms with Gasteiger partial charge >= 0.3 is 0 Å². The number of carbonyl (C=O) groups is 1. The third-order valence-corrected chi connectivity index (χ3v) is 2.00. The lowest BCUT2D eigenvalue weighted by Gasteiger charge is -2.14. The van der Waals surface area contributed by atoms with Gasteiger partial charge in [-0.3, -0.25) is 9.69 Å². The summed E-state index contributed by atoms with van der Waals surface area (Å²) in [5.41, 5.74) is 0. The first-order chi connectivity index (χ1) is 4.61. The van der Waals surface area contributed by atoms with Gasteiger partial charge in [-0.15, -0.1) is 0 Å². The van der Waals surface area contributed by atoms with Crippen LogP contribution in [0.3, 0.4) is 0 Å². The normalized spacial score (nSPS) is 34.7. The molecule has 3 heteroatoms. The minimum atomic E-state index is -0.307. The highest BCUT2D eigenvalue weighted by Crippen LogP contribution is 2.15. The van der Waals surface area contributed by atoms with Crippen LogP contribution in [0.15, 0.2) is 0 Å². The Hall–Kier alpha value is -0.410. The van der Waals surface area contributed by atoms with Gasteiger partial charge in [0.1, 0.15) is 5.78 Å². The Morgan fingerprint density at radius 2 is 2.30 bits per heavy atom. The van der Waals surface area contributed by atoms with Crippen molar-refractivity contribution < 1.29 is 9.90 Å². The number of hydrogen-bond donors (Lipinski definition) is 1. The van der Waals surface area contributed by atoms with E-state index in [1.165, 1.54) is 0 Å². The number of aliphatic hydroxyl groups excluding tert-OH is 1. The highest BCUT2D eigenvalue weighted by molar-refractivity contribution is 5.81. The molecule has 0 saturated carbocycles. The molecule has 58 valence electrons. The highest BCUT2D eigenvalue weighted by atomic mass is 16.3. The molecule has 1 N–H and O–H groups in total. The monoisotopic (exact) mass is 143 g/mol. The van der Waals surface area contributed by atoms with Gasteiger partial charge in [0.15, 0.2) is 0 Å². The van der Waals surface area contributed by atoms with Gasteiger partial charge in [0, 0.05) is 6.54 Å². The van der Waals surface area contributed by atoms with E-state index in [0.29, 0.717) is 13.0 Å². The number of ketones is 1. The fraction of sp³-hybridized carbons (Fsp3) is 0.857. The first-order valence-electron chi connectivity index (χ1n) is 3.50. The zero-order valence-electron chi connectivity index (χ0n) is 6.37. The van der Waals surface area contributed by atoms with Gasteiger partial charge < -0.3 is 5.11 Å².